The van der Waals surface area contributed by atoms with E-state index in [-0.39, 0.29) is 17.6 Å². The number of imide groups is 1. The van der Waals surface area contributed by atoms with Gasteiger partial charge in [-0.05, 0) is 66.6 Å². The van der Waals surface area contributed by atoms with Crippen LogP contribution in [0.15, 0.2) is 54.2 Å². The van der Waals surface area contributed by atoms with Crippen LogP contribution in [0.25, 0.3) is 5.57 Å². The Morgan fingerprint density at radius 1 is 0.969 bits per heavy atom. The molecule has 0 unspecified atom stereocenters. The highest BCUT2D eigenvalue weighted by Gasteiger charge is 2.43. The van der Waals surface area contributed by atoms with Gasteiger partial charge in [0.2, 0.25) is 0 Å². The van der Waals surface area contributed by atoms with Crippen molar-refractivity contribution in [3.05, 3.63) is 65.6 Å². The Bertz CT molecular complexity index is 1020. The van der Waals surface area contributed by atoms with Gasteiger partial charge in [0.15, 0.2) is 0 Å². The van der Waals surface area contributed by atoms with Gasteiger partial charge in [-0.3, -0.25) is 9.59 Å². The molecule has 168 valence electrons. The minimum atomic E-state index is -0.383. The molecule has 0 saturated carbocycles. The average Bonchev–Trinajstić information content (AvgIpc) is 3.04. The third kappa shape index (κ3) is 4.40. The summed E-state index contributed by atoms with van der Waals surface area (Å²) in [6.07, 6.45) is 1.92. The summed E-state index contributed by atoms with van der Waals surface area (Å²) in [5, 5.41) is 0. The molecule has 2 aromatic rings. The summed E-state index contributed by atoms with van der Waals surface area (Å²) in [4.78, 5) is 30.3. The van der Waals surface area contributed by atoms with Crippen molar-refractivity contribution in [2.75, 3.05) is 24.6 Å². The summed E-state index contributed by atoms with van der Waals surface area (Å²) < 4.78 is 19.3. The molecule has 5 nitrogen and oxygen atoms in total. The molecule has 32 heavy (non-hydrogen) atoms. The fraction of sp³-hybridized carbons (Fsp3) is 0.385. The van der Waals surface area contributed by atoms with Crippen LogP contribution >= 0.6 is 0 Å². The summed E-state index contributed by atoms with van der Waals surface area (Å²) in [6, 6.07) is 12.8. The minimum Gasteiger partial charge on any atom is -0.493 e. The number of ether oxygens (including phenoxy) is 1. The third-order valence-corrected chi connectivity index (χ3v) is 5.97. The highest BCUT2D eigenvalue weighted by Crippen LogP contribution is 2.36. The number of hydrogen-bond acceptors (Lipinski definition) is 4. The molecule has 0 aromatic heterocycles. The molecule has 2 heterocycles. The molecule has 2 amide bonds. The van der Waals surface area contributed by atoms with Crippen molar-refractivity contribution >= 4 is 23.1 Å². The molecule has 0 radical (unpaired) electrons. The third-order valence-electron chi connectivity index (χ3n) is 5.97. The predicted octanol–water partition coefficient (Wildman–Crippen LogP) is 4.88. The number of anilines is 1. The Morgan fingerprint density at radius 3 is 2.19 bits per heavy atom. The molecular formula is C26H29FN2O3. The number of halogens is 1. The molecule has 1 saturated heterocycles. The molecular weight excluding hydrogens is 407 g/mol. The highest BCUT2D eigenvalue weighted by atomic mass is 19.1. The number of piperidine rings is 1. The molecule has 0 aliphatic carbocycles. The Kier molecular flexibility index (Phi) is 6.31. The van der Waals surface area contributed by atoms with E-state index in [1.54, 1.807) is 36.4 Å². The van der Waals surface area contributed by atoms with Gasteiger partial charge < -0.3 is 9.64 Å². The quantitative estimate of drug-likeness (QED) is 0.606. The van der Waals surface area contributed by atoms with Crippen LogP contribution in [0.4, 0.5) is 10.1 Å². The number of hydrogen-bond donors (Lipinski definition) is 0. The lowest BCUT2D eigenvalue weighted by molar-refractivity contribution is -0.120. The van der Waals surface area contributed by atoms with Gasteiger partial charge >= 0.3 is 0 Å². The number of carbonyl (C=O) groups excluding carboxylic acids is 2. The van der Waals surface area contributed by atoms with E-state index in [1.807, 2.05) is 4.90 Å². The predicted molar refractivity (Wildman–Crippen MR) is 123 cm³/mol. The van der Waals surface area contributed by atoms with Crippen LogP contribution in [0.2, 0.25) is 0 Å². The largest absolute Gasteiger partial charge is 0.493 e. The molecule has 0 atom stereocenters. The van der Waals surface area contributed by atoms with Crippen molar-refractivity contribution < 1.29 is 18.7 Å². The monoisotopic (exact) mass is 436 g/mol. The van der Waals surface area contributed by atoms with Crippen LogP contribution in [0.3, 0.4) is 0 Å². The normalized spacial score (nSPS) is 17.7. The molecule has 2 aromatic carbocycles. The molecule has 0 spiro atoms. The number of carbonyl (C=O) groups is 2. The van der Waals surface area contributed by atoms with Crippen molar-refractivity contribution in [1.82, 2.24) is 4.90 Å². The first kappa shape index (κ1) is 22.1. The van der Waals surface area contributed by atoms with Crippen LogP contribution in [-0.2, 0) is 9.59 Å². The topological polar surface area (TPSA) is 49.9 Å². The van der Waals surface area contributed by atoms with Gasteiger partial charge in [-0.15, -0.1) is 0 Å². The van der Waals surface area contributed by atoms with Gasteiger partial charge in [-0.1, -0.05) is 32.9 Å². The summed E-state index contributed by atoms with van der Waals surface area (Å²) in [7, 11) is 0. The zero-order valence-electron chi connectivity index (χ0n) is 18.8. The number of amides is 2. The van der Waals surface area contributed by atoms with E-state index in [0.717, 1.165) is 25.9 Å². The van der Waals surface area contributed by atoms with Gasteiger partial charge in [0.1, 0.15) is 17.3 Å². The minimum absolute atomic E-state index is 0.334. The fourth-order valence-corrected chi connectivity index (χ4v) is 4.11. The van der Waals surface area contributed by atoms with E-state index in [0.29, 0.717) is 46.7 Å². The Morgan fingerprint density at radius 2 is 1.59 bits per heavy atom. The van der Waals surface area contributed by atoms with Crippen molar-refractivity contribution in [2.24, 2.45) is 11.8 Å². The second kappa shape index (κ2) is 9.15. The molecule has 0 N–H and O–H groups in total. The maximum Gasteiger partial charge on any atom is 0.282 e. The first-order chi connectivity index (χ1) is 15.3. The molecule has 1 fully saturated rings. The maximum absolute atomic E-state index is 13.5. The number of nitrogens with zero attached hydrogens (tertiary/aromatic N) is 2. The Labute approximate surface area is 188 Å². The highest BCUT2D eigenvalue weighted by molar-refractivity contribution is 6.45. The van der Waals surface area contributed by atoms with Crippen molar-refractivity contribution in [2.45, 2.75) is 33.6 Å². The standard InChI is InChI=1S/C26H29FN2O3/c1-17(2)16-32-22-10-8-21(9-11-22)29-25(30)23(19-4-6-20(27)7-5-19)24(26(29)31)28-14-12-18(3)13-15-28/h4-11,17-18H,12-16H2,1-3H3. The first-order valence-corrected chi connectivity index (χ1v) is 11.2. The van der Waals surface area contributed by atoms with E-state index in [2.05, 4.69) is 20.8 Å². The van der Waals surface area contributed by atoms with E-state index < -0.39 is 0 Å². The van der Waals surface area contributed by atoms with Gasteiger partial charge in [0.25, 0.3) is 11.8 Å². The van der Waals surface area contributed by atoms with Crippen molar-refractivity contribution in [1.29, 1.82) is 0 Å². The Balaban J connectivity index is 1.68. The van der Waals surface area contributed by atoms with E-state index in [1.165, 1.54) is 17.0 Å². The molecule has 4 rings (SSSR count). The van der Waals surface area contributed by atoms with Gasteiger partial charge in [-0.25, -0.2) is 9.29 Å². The first-order valence-electron chi connectivity index (χ1n) is 11.2. The SMILES string of the molecule is CC(C)COc1ccc(N2C(=O)C(c3ccc(F)cc3)=C(N3CCC(C)CC3)C2=O)cc1. The number of benzene rings is 2. The second-order valence-corrected chi connectivity index (χ2v) is 9.04. The van der Waals surface area contributed by atoms with Crippen LogP contribution in [0.5, 0.6) is 5.75 Å². The summed E-state index contributed by atoms with van der Waals surface area (Å²) in [5.74, 6) is 0.578. The van der Waals surface area contributed by atoms with Crippen LogP contribution in [-0.4, -0.2) is 36.4 Å². The smallest absolute Gasteiger partial charge is 0.282 e. The lowest BCUT2D eigenvalue weighted by atomic mass is 9.97. The molecule has 0 bridgehead atoms. The second-order valence-electron chi connectivity index (χ2n) is 9.04. The lowest BCUT2D eigenvalue weighted by Crippen LogP contribution is -2.38. The van der Waals surface area contributed by atoms with Crippen LogP contribution < -0.4 is 9.64 Å². The van der Waals surface area contributed by atoms with Crippen LogP contribution in [0, 0.1) is 17.7 Å². The van der Waals surface area contributed by atoms with E-state index >= 15 is 0 Å². The van der Waals surface area contributed by atoms with E-state index in [4.69, 9.17) is 4.74 Å². The van der Waals surface area contributed by atoms with Crippen LogP contribution in [0.1, 0.15) is 39.2 Å². The maximum atomic E-state index is 13.5. The lowest BCUT2D eigenvalue weighted by Gasteiger charge is -2.32. The zero-order chi connectivity index (χ0) is 22.8. The molecule has 6 heteroatoms. The molecule has 2 aliphatic heterocycles. The van der Waals surface area contributed by atoms with Gasteiger partial charge in [0, 0.05) is 13.1 Å². The fourth-order valence-electron chi connectivity index (χ4n) is 4.11. The Hall–Kier alpha value is -3.15. The summed E-state index contributed by atoms with van der Waals surface area (Å²) in [5.41, 5.74) is 1.80. The zero-order valence-corrected chi connectivity index (χ0v) is 18.8. The number of rotatable bonds is 6. The average molecular weight is 437 g/mol. The van der Waals surface area contributed by atoms with Crippen molar-refractivity contribution in [3.8, 4) is 5.75 Å². The van der Waals surface area contributed by atoms with Crippen molar-refractivity contribution in [3.63, 3.8) is 0 Å². The van der Waals surface area contributed by atoms with Gasteiger partial charge in [-0.2, -0.15) is 0 Å². The van der Waals surface area contributed by atoms with E-state index in [9.17, 15) is 14.0 Å². The van der Waals surface area contributed by atoms with Gasteiger partial charge in [0.05, 0.1) is 17.9 Å². The summed E-state index contributed by atoms with van der Waals surface area (Å²) in [6.45, 7) is 8.37. The summed E-state index contributed by atoms with van der Waals surface area (Å²) >= 11 is 0. The molecule has 2 aliphatic rings. The number of likely N-dealkylation sites (tertiary alicyclic amines) is 1.